The minimum Gasteiger partial charge on any atom is -0.0988 e. The number of rotatable bonds is 1. The van der Waals surface area contributed by atoms with Gasteiger partial charge in [0.2, 0.25) is 0 Å². The summed E-state index contributed by atoms with van der Waals surface area (Å²) < 4.78 is 0. The van der Waals surface area contributed by atoms with E-state index in [2.05, 4.69) is 27.4 Å². The van der Waals surface area contributed by atoms with Crippen molar-refractivity contribution in [3.8, 4) is 0 Å². The summed E-state index contributed by atoms with van der Waals surface area (Å²) >= 11 is 0. The van der Waals surface area contributed by atoms with Gasteiger partial charge in [-0.3, -0.25) is 0 Å². The zero-order valence-corrected chi connectivity index (χ0v) is 12.9. The molecule has 0 aromatic rings. The van der Waals surface area contributed by atoms with Crippen LogP contribution in [0.1, 0.15) is 85.0 Å². The minimum absolute atomic E-state index is 0.359. The van der Waals surface area contributed by atoms with Crippen LogP contribution >= 0.6 is 0 Å². The Labute approximate surface area is 114 Å². The highest BCUT2D eigenvalue weighted by Gasteiger charge is 2.43. The third-order valence-electron chi connectivity index (χ3n) is 6.01. The summed E-state index contributed by atoms with van der Waals surface area (Å²) in [7, 11) is 0. The summed E-state index contributed by atoms with van der Waals surface area (Å²) in [6.45, 7) is 12.0. The van der Waals surface area contributed by atoms with Crippen LogP contribution in [0.15, 0.2) is 12.2 Å². The van der Waals surface area contributed by atoms with Crippen LogP contribution in [0.2, 0.25) is 0 Å². The lowest BCUT2D eigenvalue weighted by Gasteiger charge is -2.44. The van der Waals surface area contributed by atoms with E-state index >= 15 is 0 Å². The molecule has 0 aliphatic heterocycles. The third-order valence-corrected chi connectivity index (χ3v) is 6.01. The van der Waals surface area contributed by atoms with Crippen molar-refractivity contribution in [2.45, 2.75) is 85.0 Å². The summed E-state index contributed by atoms with van der Waals surface area (Å²) in [5.74, 6) is 0.907. The lowest BCUT2D eigenvalue weighted by molar-refractivity contribution is 0.171. The van der Waals surface area contributed by atoms with E-state index in [1.807, 2.05) is 0 Å². The predicted octanol–water partition coefficient (Wildman–Crippen LogP) is 6.12. The van der Waals surface area contributed by atoms with Crippen LogP contribution in [-0.2, 0) is 0 Å². The summed E-state index contributed by atoms with van der Waals surface area (Å²) in [4.78, 5) is 0. The first-order valence-electron chi connectivity index (χ1n) is 8.17. The maximum absolute atomic E-state index is 4.59. The molecular weight excluding hydrogens is 216 g/mol. The molecule has 0 spiro atoms. The fourth-order valence-electron chi connectivity index (χ4n) is 4.50. The molecule has 2 aliphatic carbocycles. The SMILES string of the molecule is C=C1C(C)(C)CCCCC1(C)C1CCCCCC1. The molecule has 2 aliphatic rings. The Kier molecular flexibility index (Phi) is 4.24. The van der Waals surface area contributed by atoms with Crippen molar-refractivity contribution in [1.29, 1.82) is 0 Å². The first kappa shape index (κ1) is 14.2. The molecule has 0 aromatic heterocycles. The number of hydrogen-bond donors (Lipinski definition) is 0. The van der Waals surface area contributed by atoms with E-state index < -0.39 is 0 Å². The molecule has 1 unspecified atom stereocenters. The second-order valence-corrected chi connectivity index (χ2v) is 7.68. The maximum atomic E-state index is 4.59. The predicted molar refractivity (Wildman–Crippen MR) is 80.7 cm³/mol. The van der Waals surface area contributed by atoms with Gasteiger partial charge in [0.15, 0.2) is 0 Å². The van der Waals surface area contributed by atoms with Crippen molar-refractivity contribution >= 4 is 0 Å². The molecule has 0 heterocycles. The van der Waals surface area contributed by atoms with Gasteiger partial charge in [-0.1, -0.05) is 71.4 Å². The van der Waals surface area contributed by atoms with Crippen LogP contribution < -0.4 is 0 Å². The Balaban J connectivity index is 2.22. The van der Waals surface area contributed by atoms with Crippen LogP contribution in [-0.4, -0.2) is 0 Å². The van der Waals surface area contributed by atoms with E-state index in [4.69, 9.17) is 0 Å². The minimum atomic E-state index is 0.359. The van der Waals surface area contributed by atoms with Crippen LogP contribution in [0.3, 0.4) is 0 Å². The second kappa shape index (κ2) is 5.39. The number of allylic oxidation sites excluding steroid dienone is 1. The first-order valence-corrected chi connectivity index (χ1v) is 8.17. The van der Waals surface area contributed by atoms with Gasteiger partial charge < -0.3 is 0 Å². The topological polar surface area (TPSA) is 0 Å². The van der Waals surface area contributed by atoms with Gasteiger partial charge in [-0.25, -0.2) is 0 Å². The van der Waals surface area contributed by atoms with Gasteiger partial charge in [0.05, 0.1) is 0 Å². The van der Waals surface area contributed by atoms with Gasteiger partial charge in [0.25, 0.3) is 0 Å². The van der Waals surface area contributed by atoms with E-state index in [9.17, 15) is 0 Å². The van der Waals surface area contributed by atoms with Crippen LogP contribution in [0.5, 0.6) is 0 Å². The van der Waals surface area contributed by atoms with Crippen molar-refractivity contribution in [2.24, 2.45) is 16.7 Å². The monoisotopic (exact) mass is 248 g/mol. The molecule has 0 N–H and O–H groups in total. The van der Waals surface area contributed by atoms with Crippen LogP contribution in [0.25, 0.3) is 0 Å². The normalized spacial score (nSPS) is 34.9. The molecule has 0 aromatic carbocycles. The largest absolute Gasteiger partial charge is 0.0988 e. The standard InChI is InChI=1S/C18H32/c1-15-17(2,3)13-9-10-14-18(15,4)16-11-7-5-6-8-12-16/h16H,1,5-14H2,2-4H3. The van der Waals surface area contributed by atoms with E-state index in [1.54, 1.807) is 5.57 Å². The third kappa shape index (κ3) is 2.68. The Hall–Kier alpha value is -0.260. The molecule has 2 rings (SSSR count). The average molecular weight is 248 g/mol. The summed E-state index contributed by atoms with van der Waals surface area (Å²) in [5, 5.41) is 0. The van der Waals surface area contributed by atoms with Crippen molar-refractivity contribution < 1.29 is 0 Å². The fourth-order valence-corrected chi connectivity index (χ4v) is 4.50. The molecule has 2 saturated carbocycles. The Bertz CT molecular complexity index is 291. The van der Waals surface area contributed by atoms with Crippen LogP contribution in [0, 0.1) is 16.7 Å². The van der Waals surface area contributed by atoms with E-state index in [-0.39, 0.29) is 0 Å². The molecule has 104 valence electrons. The molecule has 0 heteroatoms. The quantitative estimate of drug-likeness (QED) is 0.387. The van der Waals surface area contributed by atoms with Gasteiger partial charge in [-0.2, -0.15) is 0 Å². The van der Waals surface area contributed by atoms with Gasteiger partial charge in [0, 0.05) is 0 Å². The van der Waals surface area contributed by atoms with Crippen molar-refractivity contribution in [2.75, 3.05) is 0 Å². The van der Waals surface area contributed by atoms with Crippen molar-refractivity contribution in [3.05, 3.63) is 12.2 Å². The number of hydrogen-bond acceptors (Lipinski definition) is 0. The highest BCUT2D eigenvalue weighted by molar-refractivity contribution is 5.20. The first-order chi connectivity index (χ1) is 8.47. The van der Waals surface area contributed by atoms with Crippen molar-refractivity contribution in [1.82, 2.24) is 0 Å². The van der Waals surface area contributed by atoms with Gasteiger partial charge in [0.1, 0.15) is 0 Å². The summed E-state index contributed by atoms with van der Waals surface area (Å²) in [5.41, 5.74) is 2.35. The van der Waals surface area contributed by atoms with Gasteiger partial charge in [-0.05, 0) is 42.4 Å². The van der Waals surface area contributed by atoms with E-state index in [1.165, 1.54) is 64.2 Å². The molecule has 0 bridgehead atoms. The average Bonchev–Trinajstić information content (AvgIpc) is 2.66. The van der Waals surface area contributed by atoms with Crippen molar-refractivity contribution in [3.63, 3.8) is 0 Å². The summed E-state index contributed by atoms with van der Waals surface area (Å²) in [6, 6.07) is 0. The molecule has 18 heavy (non-hydrogen) atoms. The highest BCUT2D eigenvalue weighted by Crippen LogP contribution is 2.54. The lowest BCUT2D eigenvalue weighted by atomic mass is 9.61. The van der Waals surface area contributed by atoms with E-state index in [0.29, 0.717) is 10.8 Å². The highest BCUT2D eigenvalue weighted by atomic mass is 14.5. The molecule has 2 fully saturated rings. The molecule has 1 atom stereocenters. The lowest BCUT2D eigenvalue weighted by Crippen LogP contribution is -2.34. The molecular formula is C18H32. The Morgan fingerprint density at radius 2 is 1.39 bits per heavy atom. The molecule has 0 saturated heterocycles. The van der Waals surface area contributed by atoms with E-state index in [0.717, 1.165) is 5.92 Å². The Morgan fingerprint density at radius 1 is 0.833 bits per heavy atom. The Morgan fingerprint density at radius 3 is 2.00 bits per heavy atom. The molecule has 0 radical (unpaired) electrons. The molecule has 0 nitrogen and oxygen atoms in total. The van der Waals surface area contributed by atoms with Crippen LogP contribution in [0.4, 0.5) is 0 Å². The zero-order chi connectivity index (χ0) is 13.2. The summed E-state index contributed by atoms with van der Waals surface area (Å²) in [6.07, 6.45) is 14.3. The maximum Gasteiger partial charge on any atom is -0.00855 e. The van der Waals surface area contributed by atoms with Gasteiger partial charge >= 0.3 is 0 Å². The van der Waals surface area contributed by atoms with Gasteiger partial charge in [-0.15, -0.1) is 0 Å². The zero-order valence-electron chi connectivity index (χ0n) is 12.9. The smallest absolute Gasteiger partial charge is 0.00855 e. The second-order valence-electron chi connectivity index (χ2n) is 7.68. The molecule has 0 amide bonds. The fraction of sp³-hybridized carbons (Fsp3) is 0.889.